The Labute approximate surface area is 122 Å². The lowest BCUT2D eigenvalue weighted by atomic mass is 10.3. The van der Waals surface area contributed by atoms with Crippen molar-refractivity contribution in [2.75, 3.05) is 26.0 Å². The first-order valence-corrected chi connectivity index (χ1v) is 6.35. The molecule has 2 aromatic rings. The number of rotatable bonds is 3. The molecule has 0 spiro atoms. The molecule has 7 heteroatoms. The summed E-state index contributed by atoms with van der Waals surface area (Å²) in [6, 6.07) is 3.54. The van der Waals surface area contributed by atoms with Crippen molar-refractivity contribution in [2.24, 2.45) is 7.05 Å². The summed E-state index contributed by atoms with van der Waals surface area (Å²) in [4.78, 5) is 35.3. The minimum absolute atomic E-state index is 0.225. The van der Waals surface area contributed by atoms with E-state index in [2.05, 4.69) is 9.97 Å². The average Bonchev–Trinajstić information content (AvgIpc) is 2.87. The van der Waals surface area contributed by atoms with Gasteiger partial charge in [-0.1, -0.05) is 0 Å². The lowest BCUT2D eigenvalue weighted by molar-refractivity contribution is 0.0812. The molecule has 0 aromatic carbocycles. The zero-order valence-corrected chi connectivity index (χ0v) is 12.4. The van der Waals surface area contributed by atoms with Crippen molar-refractivity contribution >= 4 is 17.5 Å². The van der Waals surface area contributed by atoms with Crippen molar-refractivity contribution in [2.45, 2.75) is 0 Å². The van der Waals surface area contributed by atoms with Crippen LogP contribution in [0, 0.1) is 0 Å². The maximum absolute atomic E-state index is 12.5. The summed E-state index contributed by atoms with van der Waals surface area (Å²) in [7, 11) is 6.58. The van der Waals surface area contributed by atoms with E-state index >= 15 is 0 Å². The molecule has 0 bridgehead atoms. The van der Waals surface area contributed by atoms with Gasteiger partial charge in [0.15, 0.2) is 5.82 Å². The first-order valence-electron chi connectivity index (χ1n) is 6.35. The molecule has 0 aliphatic heterocycles. The third-order valence-corrected chi connectivity index (χ3v) is 3.14. The van der Waals surface area contributed by atoms with Crippen LogP contribution in [-0.4, -0.2) is 52.4 Å². The topological polar surface area (TPSA) is 71.3 Å². The number of aromatic nitrogens is 3. The van der Waals surface area contributed by atoms with E-state index < -0.39 is 0 Å². The molecule has 2 heterocycles. The van der Waals surface area contributed by atoms with E-state index in [-0.39, 0.29) is 17.6 Å². The van der Waals surface area contributed by atoms with Gasteiger partial charge < -0.3 is 14.4 Å². The highest BCUT2D eigenvalue weighted by Gasteiger charge is 2.22. The Morgan fingerprint density at radius 3 is 2.43 bits per heavy atom. The predicted octanol–water partition coefficient (Wildman–Crippen LogP) is 0.794. The maximum atomic E-state index is 12.5. The van der Waals surface area contributed by atoms with Crippen LogP contribution in [0.2, 0.25) is 0 Å². The van der Waals surface area contributed by atoms with Gasteiger partial charge in [0, 0.05) is 34.4 Å². The normalized spacial score (nSPS) is 10.3. The second-order valence-electron chi connectivity index (χ2n) is 4.80. The highest BCUT2D eigenvalue weighted by Crippen LogP contribution is 2.14. The predicted molar refractivity (Wildman–Crippen MR) is 78.2 cm³/mol. The molecule has 0 atom stereocenters. The molecule has 0 aliphatic rings. The van der Waals surface area contributed by atoms with Crippen LogP contribution in [0.15, 0.2) is 30.7 Å². The van der Waals surface area contributed by atoms with Crippen molar-refractivity contribution < 1.29 is 9.59 Å². The molecule has 0 aliphatic carbocycles. The van der Waals surface area contributed by atoms with Crippen molar-refractivity contribution in [3.05, 3.63) is 42.2 Å². The molecule has 2 rings (SSSR count). The summed E-state index contributed by atoms with van der Waals surface area (Å²) in [5.41, 5.74) is 1.01. The van der Waals surface area contributed by atoms with Crippen molar-refractivity contribution in [3.8, 4) is 0 Å². The van der Waals surface area contributed by atoms with Gasteiger partial charge in [0.25, 0.3) is 11.8 Å². The van der Waals surface area contributed by atoms with Crippen molar-refractivity contribution in [1.29, 1.82) is 0 Å². The van der Waals surface area contributed by atoms with E-state index in [9.17, 15) is 9.59 Å². The Kier molecular flexibility index (Phi) is 4.02. The van der Waals surface area contributed by atoms with Gasteiger partial charge in [0.05, 0.1) is 18.1 Å². The maximum Gasteiger partial charge on any atom is 0.289 e. The smallest absolute Gasteiger partial charge is 0.289 e. The number of anilines is 1. The van der Waals surface area contributed by atoms with E-state index in [0.29, 0.717) is 11.4 Å². The largest absolute Gasteiger partial charge is 0.342 e. The zero-order chi connectivity index (χ0) is 15.6. The van der Waals surface area contributed by atoms with Crippen LogP contribution in [0.4, 0.5) is 5.69 Å². The lowest BCUT2D eigenvalue weighted by Gasteiger charge is -2.17. The number of imidazole rings is 1. The summed E-state index contributed by atoms with van der Waals surface area (Å²) in [6.07, 6.45) is 4.64. The van der Waals surface area contributed by atoms with Crippen LogP contribution >= 0.6 is 0 Å². The number of pyridine rings is 1. The Morgan fingerprint density at radius 1 is 1.14 bits per heavy atom. The molecule has 2 aromatic heterocycles. The Morgan fingerprint density at radius 2 is 1.86 bits per heavy atom. The summed E-state index contributed by atoms with van der Waals surface area (Å²) < 4.78 is 1.50. The highest BCUT2D eigenvalue weighted by atomic mass is 16.2. The molecule has 0 radical (unpaired) electrons. The van der Waals surface area contributed by atoms with Crippen LogP contribution in [0.5, 0.6) is 0 Å². The van der Waals surface area contributed by atoms with Crippen LogP contribution in [0.3, 0.4) is 0 Å². The van der Waals surface area contributed by atoms with Crippen LogP contribution < -0.4 is 4.90 Å². The summed E-state index contributed by atoms with van der Waals surface area (Å²) >= 11 is 0. The zero-order valence-electron chi connectivity index (χ0n) is 12.4. The van der Waals surface area contributed by atoms with Crippen LogP contribution in [0.1, 0.15) is 21.1 Å². The fourth-order valence-electron chi connectivity index (χ4n) is 1.85. The third-order valence-electron chi connectivity index (χ3n) is 3.14. The van der Waals surface area contributed by atoms with Crippen molar-refractivity contribution in [3.63, 3.8) is 0 Å². The number of nitrogens with zero attached hydrogens (tertiary/aromatic N) is 5. The van der Waals surface area contributed by atoms with E-state index in [1.54, 1.807) is 52.7 Å². The van der Waals surface area contributed by atoms with Gasteiger partial charge >= 0.3 is 0 Å². The van der Waals surface area contributed by atoms with Crippen LogP contribution in [0.25, 0.3) is 0 Å². The molecule has 0 fully saturated rings. The molecule has 0 unspecified atom stereocenters. The standard InChI is InChI=1S/C14H17N5O2/c1-17(2)14(21)12-16-9-11(19(12)4)13(20)18(3)10-6-5-7-15-8-10/h5-9H,1-4H3. The minimum atomic E-state index is -0.254. The molecule has 0 N–H and O–H groups in total. The quantitative estimate of drug-likeness (QED) is 0.837. The van der Waals surface area contributed by atoms with Gasteiger partial charge in [0.1, 0.15) is 5.69 Å². The monoisotopic (exact) mass is 287 g/mol. The molecule has 7 nitrogen and oxygen atoms in total. The number of carbonyl (C=O) groups is 2. The van der Waals surface area contributed by atoms with Gasteiger partial charge in [-0.15, -0.1) is 0 Å². The van der Waals surface area contributed by atoms with E-state index in [4.69, 9.17) is 0 Å². The molecule has 2 amide bonds. The number of hydrogen-bond donors (Lipinski definition) is 0. The molecule has 110 valence electrons. The fourth-order valence-corrected chi connectivity index (χ4v) is 1.85. The van der Waals surface area contributed by atoms with E-state index in [1.807, 2.05) is 0 Å². The fraction of sp³-hybridized carbons (Fsp3) is 0.286. The third kappa shape index (κ3) is 2.76. The Bertz CT molecular complexity index is 663. The summed E-state index contributed by atoms with van der Waals surface area (Å²) in [6.45, 7) is 0. The molecule has 0 saturated heterocycles. The first kappa shape index (κ1) is 14.7. The molecular formula is C14H17N5O2. The summed E-state index contributed by atoms with van der Waals surface area (Å²) in [5.74, 6) is -0.278. The lowest BCUT2D eigenvalue weighted by Crippen LogP contribution is -2.30. The SMILES string of the molecule is CN(C)C(=O)c1ncc(C(=O)N(C)c2cccnc2)n1C. The number of amides is 2. The van der Waals surface area contributed by atoms with Gasteiger partial charge in [0.2, 0.25) is 0 Å². The summed E-state index contributed by atoms with van der Waals surface area (Å²) in [5, 5.41) is 0. The first-order chi connectivity index (χ1) is 9.93. The van der Waals surface area contributed by atoms with Gasteiger partial charge in [-0.3, -0.25) is 14.6 Å². The number of carbonyl (C=O) groups excluding carboxylic acids is 2. The Hall–Kier alpha value is -2.70. The highest BCUT2D eigenvalue weighted by molar-refractivity contribution is 6.05. The van der Waals surface area contributed by atoms with Gasteiger partial charge in [-0.25, -0.2) is 4.98 Å². The molecule has 21 heavy (non-hydrogen) atoms. The van der Waals surface area contributed by atoms with Crippen molar-refractivity contribution in [1.82, 2.24) is 19.4 Å². The van der Waals surface area contributed by atoms with Crippen LogP contribution in [-0.2, 0) is 7.05 Å². The van der Waals surface area contributed by atoms with Gasteiger partial charge in [-0.2, -0.15) is 0 Å². The van der Waals surface area contributed by atoms with E-state index in [1.165, 1.54) is 20.6 Å². The number of hydrogen-bond acceptors (Lipinski definition) is 4. The second kappa shape index (κ2) is 5.74. The Balaban J connectivity index is 2.31. The second-order valence-corrected chi connectivity index (χ2v) is 4.80. The minimum Gasteiger partial charge on any atom is -0.342 e. The molecular weight excluding hydrogens is 270 g/mol. The van der Waals surface area contributed by atoms with Gasteiger partial charge in [-0.05, 0) is 12.1 Å². The van der Waals surface area contributed by atoms with E-state index in [0.717, 1.165) is 0 Å². The molecule has 0 saturated carbocycles. The average molecular weight is 287 g/mol.